The highest BCUT2D eigenvalue weighted by Gasteiger charge is 2.29. The van der Waals surface area contributed by atoms with Crippen molar-refractivity contribution in [2.45, 2.75) is 12.5 Å². The van der Waals surface area contributed by atoms with Gasteiger partial charge in [0.25, 0.3) is 5.56 Å². The summed E-state index contributed by atoms with van der Waals surface area (Å²) in [5.74, 6) is 0.519. The smallest absolute Gasteiger partial charge is 0.266 e. The molecule has 3 aromatic heterocycles. The van der Waals surface area contributed by atoms with E-state index in [4.69, 9.17) is 5.10 Å². The van der Waals surface area contributed by atoms with E-state index in [0.717, 1.165) is 34.5 Å². The summed E-state index contributed by atoms with van der Waals surface area (Å²) in [5, 5.41) is 11.6. The molecule has 7 rings (SSSR count). The number of nitrogens with zero attached hydrogens (tertiary/aromatic N) is 6. The number of thiazole rings is 1. The maximum atomic E-state index is 13.0. The van der Waals surface area contributed by atoms with E-state index in [1.54, 1.807) is 12.4 Å². The Bertz CT molecular complexity index is 1900. The average molecular weight is 527 g/mol. The van der Waals surface area contributed by atoms with Gasteiger partial charge in [-0.1, -0.05) is 84.1 Å². The molecule has 6 aromatic rings. The van der Waals surface area contributed by atoms with Crippen molar-refractivity contribution in [3.05, 3.63) is 141 Å². The molecule has 39 heavy (non-hydrogen) atoms. The Morgan fingerprint density at radius 3 is 2.26 bits per heavy atom. The van der Waals surface area contributed by atoms with Crippen molar-refractivity contribution in [2.75, 3.05) is 5.01 Å². The summed E-state index contributed by atoms with van der Waals surface area (Å²) < 4.78 is 1.96. The molecule has 0 spiro atoms. The number of hydrogen-bond donors (Lipinski definition) is 0. The van der Waals surface area contributed by atoms with Crippen molar-refractivity contribution in [1.82, 2.24) is 19.6 Å². The first-order valence-electron chi connectivity index (χ1n) is 12.6. The Balaban J connectivity index is 1.20. The molecule has 4 heterocycles. The van der Waals surface area contributed by atoms with E-state index >= 15 is 0 Å². The first kappa shape index (κ1) is 23.2. The topological polar surface area (TPSA) is 75.8 Å². The van der Waals surface area contributed by atoms with Crippen molar-refractivity contribution < 1.29 is 0 Å². The van der Waals surface area contributed by atoms with E-state index in [9.17, 15) is 4.79 Å². The Labute approximate surface area is 228 Å². The number of hydrogen-bond acceptors (Lipinski definition) is 7. The number of rotatable bonds is 5. The van der Waals surface area contributed by atoms with Crippen molar-refractivity contribution in [1.29, 1.82) is 0 Å². The van der Waals surface area contributed by atoms with Gasteiger partial charge in [-0.25, -0.2) is 0 Å². The van der Waals surface area contributed by atoms with Gasteiger partial charge in [-0.3, -0.25) is 14.8 Å². The van der Waals surface area contributed by atoms with Crippen LogP contribution in [0.4, 0.5) is 5.69 Å². The lowest BCUT2D eigenvalue weighted by molar-refractivity contribution is 0.709. The van der Waals surface area contributed by atoms with Gasteiger partial charge in [-0.05, 0) is 47.0 Å². The molecule has 0 bridgehead atoms. The molecule has 1 aliphatic rings. The molecule has 0 aliphatic carbocycles. The Morgan fingerprint density at radius 2 is 1.54 bits per heavy atom. The monoisotopic (exact) mass is 526 g/mol. The predicted octanol–water partition coefficient (Wildman–Crippen LogP) is 5.12. The summed E-state index contributed by atoms with van der Waals surface area (Å²) in [5.41, 5.74) is 6.01. The third-order valence-corrected chi connectivity index (χ3v) is 7.74. The number of benzene rings is 3. The van der Waals surface area contributed by atoms with Crippen LogP contribution in [0.5, 0.6) is 0 Å². The first-order chi connectivity index (χ1) is 19.2. The molecule has 7 nitrogen and oxygen atoms in total. The van der Waals surface area contributed by atoms with Crippen LogP contribution in [-0.4, -0.2) is 25.3 Å². The minimum Gasteiger partial charge on any atom is -0.266 e. The molecule has 1 atom stereocenters. The summed E-state index contributed by atoms with van der Waals surface area (Å²) in [6.07, 6.45) is 6.08. The van der Waals surface area contributed by atoms with Gasteiger partial charge in [0.15, 0.2) is 5.82 Å². The van der Waals surface area contributed by atoms with Crippen molar-refractivity contribution >= 4 is 33.8 Å². The first-order valence-corrected chi connectivity index (χ1v) is 13.4. The summed E-state index contributed by atoms with van der Waals surface area (Å²) in [6.45, 7) is 0. The molecule has 0 saturated carbocycles. The highest BCUT2D eigenvalue weighted by molar-refractivity contribution is 7.15. The fourth-order valence-electron chi connectivity index (χ4n) is 4.82. The van der Waals surface area contributed by atoms with E-state index in [1.165, 1.54) is 21.4 Å². The molecule has 188 valence electrons. The molecule has 0 amide bonds. The van der Waals surface area contributed by atoms with Crippen LogP contribution in [0, 0.1) is 0 Å². The van der Waals surface area contributed by atoms with E-state index in [2.05, 4.69) is 68.6 Å². The van der Waals surface area contributed by atoms with Gasteiger partial charge in [-0.15, -0.1) is 5.10 Å². The number of hydrazone groups is 1. The summed E-state index contributed by atoms with van der Waals surface area (Å²) in [6, 6.07) is 32.7. The maximum absolute atomic E-state index is 13.0. The normalized spacial score (nSPS) is 15.7. The fraction of sp³-hybridized carbons (Fsp3) is 0.0645. The molecule has 0 fully saturated rings. The van der Waals surface area contributed by atoms with Crippen LogP contribution in [-0.2, 0) is 0 Å². The highest BCUT2D eigenvalue weighted by Crippen LogP contribution is 2.36. The van der Waals surface area contributed by atoms with Gasteiger partial charge < -0.3 is 0 Å². The van der Waals surface area contributed by atoms with Gasteiger partial charge in [0.1, 0.15) is 0 Å². The van der Waals surface area contributed by atoms with E-state index in [0.29, 0.717) is 15.3 Å². The zero-order valence-corrected chi connectivity index (χ0v) is 21.6. The van der Waals surface area contributed by atoms with Crippen LogP contribution in [0.3, 0.4) is 0 Å². The second kappa shape index (κ2) is 9.74. The SMILES string of the molecule is O=c1c(=Cc2ccc(N3N=C(c4ccccc4)CC3c3ccccc3)cc2)sc2nc(-c3ccncc3)nn12. The average Bonchev–Trinajstić information content (AvgIpc) is 3.70. The molecule has 1 aliphatic heterocycles. The molecule has 3 aromatic carbocycles. The lowest BCUT2D eigenvalue weighted by Gasteiger charge is -2.24. The van der Waals surface area contributed by atoms with Gasteiger partial charge in [-0.2, -0.15) is 14.6 Å². The second-order valence-electron chi connectivity index (χ2n) is 9.26. The quantitative estimate of drug-likeness (QED) is 0.312. The van der Waals surface area contributed by atoms with E-state index in [-0.39, 0.29) is 11.6 Å². The lowest BCUT2D eigenvalue weighted by atomic mass is 9.98. The van der Waals surface area contributed by atoms with Crippen molar-refractivity contribution in [3.63, 3.8) is 0 Å². The van der Waals surface area contributed by atoms with Crippen LogP contribution in [0.2, 0.25) is 0 Å². The third kappa shape index (κ3) is 4.41. The zero-order valence-electron chi connectivity index (χ0n) is 20.8. The lowest BCUT2D eigenvalue weighted by Crippen LogP contribution is -2.23. The largest absolute Gasteiger partial charge is 0.291 e. The summed E-state index contributed by atoms with van der Waals surface area (Å²) >= 11 is 1.33. The number of fused-ring (bicyclic) bond motifs is 1. The molecule has 0 saturated heterocycles. The molecule has 1 unspecified atom stereocenters. The Morgan fingerprint density at radius 1 is 0.821 bits per heavy atom. The Kier molecular flexibility index (Phi) is 5.79. The van der Waals surface area contributed by atoms with Crippen molar-refractivity contribution in [2.24, 2.45) is 5.10 Å². The predicted molar refractivity (Wildman–Crippen MR) is 155 cm³/mol. The van der Waals surface area contributed by atoms with Crippen LogP contribution in [0.25, 0.3) is 22.4 Å². The maximum Gasteiger partial charge on any atom is 0.291 e. The van der Waals surface area contributed by atoms with Crippen LogP contribution in [0.1, 0.15) is 29.2 Å². The number of pyridine rings is 1. The second-order valence-corrected chi connectivity index (χ2v) is 10.3. The number of aromatic nitrogens is 4. The van der Waals surface area contributed by atoms with Gasteiger partial charge in [0, 0.05) is 24.4 Å². The van der Waals surface area contributed by atoms with Gasteiger partial charge >= 0.3 is 0 Å². The van der Waals surface area contributed by atoms with Crippen molar-refractivity contribution in [3.8, 4) is 11.4 Å². The minimum absolute atomic E-state index is 0.107. The van der Waals surface area contributed by atoms with Crippen LogP contribution in [0.15, 0.2) is 119 Å². The molecule has 0 radical (unpaired) electrons. The summed E-state index contributed by atoms with van der Waals surface area (Å²) in [7, 11) is 0. The zero-order chi connectivity index (χ0) is 26.2. The third-order valence-electron chi connectivity index (χ3n) is 6.78. The van der Waals surface area contributed by atoms with Crippen LogP contribution < -0.4 is 15.1 Å². The highest BCUT2D eigenvalue weighted by atomic mass is 32.1. The number of anilines is 1. The van der Waals surface area contributed by atoms with E-state index < -0.39 is 0 Å². The fourth-order valence-corrected chi connectivity index (χ4v) is 5.73. The molecular formula is C31H22N6OS. The molecule has 0 N–H and O–H groups in total. The molecular weight excluding hydrogens is 504 g/mol. The molecule has 8 heteroatoms. The Hall–Kier alpha value is -4.95. The minimum atomic E-state index is -0.173. The van der Waals surface area contributed by atoms with Crippen LogP contribution >= 0.6 is 11.3 Å². The standard InChI is InChI=1S/C31H22N6OS/c38-30-28(39-31-33-29(35-37(30)31)24-15-17-32-18-16-24)19-21-11-13-25(14-12-21)36-27(23-9-5-2-6-10-23)20-26(34-36)22-7-3-1-4-8-22/h1-19,27H,20H2. The summed E-state index contributed by atoms with van der Waals surface area (Å²) in [4.78, 5) is 22.2. The van der Waals surface area contributed by atoms with Gasteiger partial charge in [0.05, 0.1) is 22.0 Å². The van der Waals surface area contributed by atoms with E-state index in [1.807, 2.05) is 54.6 Å². The van der Waals surface area contributed by atoms with Gasteiger partial charge in [0.2, 0.25) is 4.96 Å².